The number of hydrogen-bond acceptors (Lipinski definition) is 3. The number of amides is 1. The molecule has 21 heavy (non-hydrogen) atoms. The predicted molar refractivity (Wildman–Crippen MR) is 77.4 cm³/mol. The van der Waals surface area contributed by atoms with Gasteiger partial charge in [0.05, 0.1) is 12.8 Å². The monoisotopic (exact) mass is 291 g/mol. The van der Waals surface area contributed by atoms with E-state index in [2.05, 4.69) is 5.10 Å². The number of nitrogens with zero attached hydrogens (tertiary/aromatic N) is 3. The summed E-state index contributed by atoms with van der Waals surface area (Å²) in [4.78, 5) is 13.8. The number of hydrogen-bond donors (Lipinski definition) is 0. The maximum Gasteiger partial charge on any atom is 0.253 e. The molecule has 0 atom stereocenters. The maximum absolute atomic E-state index is 13.8. The van der Waals surface area contributed by atoms with Crippen LogP contribution in [0.25, 0.3) is 11.1 Å². The van der Waals surface area contributed by atoms with Crippen LogP contribution >= 0.6 is 0 Å². The fourth-order valence-electron chi connectivity index (χ4n) is 2.00. The number of aryl methyl sites for hydroxylation is 1. The van der Waals surface area contributed by atoms with Gasteiger partial charge in [-0.3, -0.25) is 9.48 Å². The smallest absolute Gasteiger partial charge is 0.253 e. The van der Waals surface area contributed by atoms with Crippen molar-refractivity contribution < 1.29 is 13.9 Å². The second-order valence-corrected chi connectivity index (χ2v) is 4.85. The van der Waals surface area contributed by atoms with Crippen molar-refractivity contribution in [3.8, 4) is 11.1 Å². The predicted octanol–water partition coefficient (Wildman–Crippen LogP) is 1.94. The highest BCUT2D eigenvalue weighted by Crippen LogP contribution is 2.22. The number of carbonyl (C=O) groups excluding carboxylic acids is 1. The molecule has 1 amide bonds. The summed E-state index contributed by atoms with van der Waals surface area (Å²) in [6.45, 7) is 0.890. The van der Waals surface area contributed by atoms with Gasteiger partial charge in [-0.1, -0.05) is 0 Å². The number of ether oxygens (including phenoxy) is 1. The van der Waals surface area contributed by atoms with E-state index in [1.54, 1.807) is 44.3 Å². The SMILES string of the molecule is COCCN(C)C(=O)c1cc(F)cc(-c2cnn(C)c2)c1. The lowest BCUT2D eigenvalue weighted by atomic mass is 10.1. The number of carbonyl (C=O) groups is 1. The number of halogens is 1. The van der Waals surface area contributed by atoms with Crippen LogP contribution in [0.4, 0.5) is 4.39 Å². The first-order valence-corrected chi connectivity index (χ1v) is 6.55. The Morgan fingerprint density at radius 2 is 2.14 bits per heavy atom. The molecule has 0 saturated carbocycles. The van der Waals surface area contributed by atoms with E-state index in [0.717, 1.165) is 5.56 Å². The highest BCUT2D eigenvalue weighted by atomic mass is 19.1. The molecule has 1 aromatic carbocycles. The Morgan fingerprint density at radius 1 is 1.38 bits per heavy atom. The molecule has 0 aliphatic heterocycles. The molecule has 1 aromatic heterocycles. The van der Waals surface area contributed by atoms with Crippen LogP contribution in [0.15, 0.2) is 30.6 Å². The van der Waals surface area contributed by atoms with Crippen molar-refractivity contribution in [2.75, 3.05) is 27.3 Å². The van der Waals surface area contributed by atoms with Gasteiger partial charge in [0.2, 0.25) is 0 Å². The zero-order valence-corrected chi connectivity index (χ0v) is 12.3. The third kappa shape index (κ3) is 3.66. The molecule has 0 spiro atoms. The van der Waals surface area contributed by atoms with Crippen LogP contribution in [-0.2, 0) is 11.8 Å². The van der Waals surface area contributed by atoms with E-state index < -0.39 is 5.82 Å². The molecule has 1 heterocycles. The summed E-state index contributed by atoms with van der Waals surface area (Å²) >= 11 is 0. The van der Waals surface area contributed by atoms with Crippen molar-refractivity contribution in [1.29, 1.82) is 0 Å². The summed E-state index contributed by atoms with van der Waals surface area (Å²) in [5.41, 5.74) is 1.71. The van der Waals surface area contributed by atoms with E-state index >= 15 is 0 Å². The van der Waals surface area contributed by atoms with Crippen LogP contribution in [0, 0.1) is 5.82 Å². The summed E-state index contributed by atoms with van der Waals surface area (Å²) < 4.78 is 20.3. The molecule has 0 aliphatic rings. The van der Waals surface area contributed by atoms with Crippen molar-refractivity contribution in [2.45, 2.75) is 0 Å². The molecule has 0 aliphatic carbocycles. The number of likely N-dealkylation sites (N-methyl/N-ethyl adjacent to an activating group) is 1. The van der Waals surface area contributed by atoms with E-state index in [4.69, 9.17) is 4.74 Å². The Bertz CT molecular complexity index is 640. The van der Waals surface area contributed by atoms with Crippen LogP contribution in [0.5, 0.6) is 0 Å². The molecular weight excluding hydrogens is 273 g/mol. The fraction of sp³-hybridized carbons (Fsp3) is 0.333. The number of methoxy groups -OCH3 is 1. The molecule has 6 heteroatoms. The van der Waals surface area contributed by atoms with E-state index in [1.165, 1.54) is 17.0 Å². The van der Waals surface area contributed by atoms with E-state index in [9.17, 15) is 9.18 Å². The maximum atomic E-state index is 13.8. The van der Waals surface area contributed by atoms with Gasteiger partial charge < -0.3 is 9.64 Å². The summed E-state index contributed by atoms with van der Waals surface area (Å²) in [7, 11) is 5.02. The van der Waals surface area contributed by atoms with Crippen molar-refractivity contribution >= 4 is 5.91 Å². The minimum absolute atomic E-state index is 0.239. The Hall–Kier alpha value is -2.21. The van der Waals surface area contributed by atoms with Gasteiger partial charge in [-0.05, 0) is 23.8 Å². The minimum atomic E-state index is -0.445. The Labute approximate surface area is 122 Å². The van der Waals surface area contributed by atoms with Crippen LogP contribution in [-0.4, -0.2) is 47.9 Å². The summed E-state index contributed by atoms with van der Waals surface area (Å²) in [6.07, 6.45) is 3.41. The Morgan fingerprint density at radius 3 is 2.76 bits per heavy atom. The van der Waals surface area contributed by atoms with Crippen molar-refractivity contribution in [3.05, 3.63) is 42.0 Å². The molecule has 0 N–H and O–H groups in total. The Balaban J connectivity index is 2.28. The van der Waals surface area contributed by atoms with Gasteiger partial charge in [0.25, 0.3) is 5.91 Å². The van der Waals surface area contributed by atoms with Gasteiger partial charge in [-0.15, -0.1) is 0 Å². The highest BCUT2D eigenvalue weighted by Gasteiger charge is 2.14. The van der Waals surface area contributed by atoms with E-state index in [1.807, 2.05) is 0 Å². The molecule has 0 bridgehead atoms. The van der Waals surface area contributed by atoms with Gasteiger partial charge in [0.1, 0.15) is 5.82 Å². The summed E-state index contributed by atoms with van der Waals surface area (Å²) in [5.74, 6) is -0.684. The van der Waals surface area contributed by atoms with Gasteiger partial charge in [-0.2, -0.15) is 5.10 Å². The minimum Gasteiger partial charge on any atom is -0.383 e. The zero-order valence-electron chi connectivity index (χ0n) is 12.3. The van der Waals surface area contributed by atoms with Crippen molar-refractivity contribution in [2.24, 2.45) is 7.05 Å². The van der Waals surface area contributed by atoms with Crippen molar-refractivity contribution in [3.63, 3.8) is 0 Å². The second-order valence-electron chi connectivity index (χ2n) is 4.85. The Kier molecular flexibility index (Phi) is 4.70. The molecule has 0 saturated heterocycles. The molecule has 2 rings (SSSR count). The normalized spacial score (nSPS) is 10.7. The fourth-order valence-corrected chi connectivity index (χ4v) is 2.00. The van der Waals surface area contributed by atoms with Crippen LogP contribution in [0.3, 0.4) is 0 Å². The van der Waals surface area contributed by atoms with Gasteiger partial charge in [0, 0.05) is 45.1 Å². The largest absolute Gasteiger partial charge is 0.383 e. The summed E-state index contributed by atoms with van der Waals surface area (Å²) in [6, 6.07) is 4.31. The van der Waals surface area contributed by atoms with Gasteiger partial charge in [0.15, 0.2) is 0 Å². The average Bonchev–Trinajstić information content (AvgIpc) is 2.90. The number of aromatic nitrogens is 2. The van der Waals surface area contributed by atoms with Gasteiger partial charge in [-0.25, -0.2) is 4.39 Å². The zero-order chi connectivity index (χ0) is 15.4. The first kappa shape index (κ1) is 15.2. The summed E-state index contributed by atoms with van der Waals surface area (Å²) in [5, 5.41) is 4.06. The topological polar surface area (TPSA) is 47.4 Å². The lowest BCUT2D eigenvalue weighted by molar-refractivity contribution is 0.0744. The van der Waals surface area contributed by atoms with Gasteiger partial charge >= 0.3 is 0 Å². The van der Waals surface area contributed by atoms with Crippen LogP contribution in [0.2, 0.25) is 0 Å². The molecule has 112 valence electrons. The first-order valence-electron chi connectivity index (χ1n) is 6.55. The van der Waals surface area contributed by atoms with Crippen molar-refractivity contribution in [1.82, 2.24) is 14.7 Å². The van der Waals surface area contributed by atoms with E-state index in [-0.39, 0.29) is 5.91 Å². The lowest BCUT2D eigenvalue weighted by Gasteiger charge is -2.17. The third-order valence-electron chi connectivity index (χ3n) is 3.16. The average molecular weight is 291 g/mol. The molecule has 0 radical (unpaired) electrons. The molecule has 0 fully saturated rings. The van der Waals surface area contributed by atoms with Crippen LogP contribution in [0.1, 0.15) is 10.4 Å². The molecule has 2 aromatic rings. The molecule has 5 nitrogen and oxygen atoms in total. The molecular formula is C15H18FN3O2. The second kappa shape index (κ2) is 6.49. The quantitative estimate of drug-likeness (QED) is 0.846. The first-order chi connectivity index (χ1) is 10.0. The number of benzene rings is 1. The highest BCUT2D eigenvalue weighted by molar-refractivity contribution is 5.95. The van der Waals surface area contributed by atoms with Crippen LogP contribution < -0.4 is 0 Å². The number of rotatable bonds is 5. The molecule has 0 unspecified atom stereocenters. The van der Waals surface area contributed by atoms with E-state index in [0.29, 0.717) is 24.3 Å². The third-order valence-corrected chi connectivity index (χ3v) is 3.16. The standard InChI is InChI=1S/C15H18FN3O2/c1-18(4-5-21-3)15(20)12-6-11(7-14(16)8-12)13-9-17-19(2)10-13/h6-10H,4-5H2,1-3H3. The lowest BCUT2D eigenvalue weighted by Crippen LogP contribution is -2.30.